The van der Waals surface area contributed by atoms with Crippen molar-refractivity contribution in [1.82, 2.24) is 15.0 Å². The van der Waals surface area contributed by atoms with E-state index >= 15 is 0 Å². The summed E-state index contributed by atoms with van der Waals surface area (Å²) in [6.07, 6.45) is 0.390. The minimum atomic E-state index is -0.336. The predicted octanol–water partition coefficient (Wildman–Crippen LogP) is 0.206. The van der Waals surface area contributed by atoms with Gasteiger partial charge < -0.3 is 4.98 Å². The summed E-state index contributed by atoms with van der Waals surface area (Å²) in [6.45, 7) is 1.94. The molecule has 0 spiro atoms. The fraction of sp³-hybridized carbons (Fsp3) is 0.286. The van der Waals surface area contributed by atoms with Gasteiger partial charge in [-0.1, -0.05) is 13.0 Å². The van der Waals surface area contributed by atoms with E-state index in [0.29, 0.717) is 17.3 Å². The molecule has 3 rings (SSSR count). The highest BCUT2D eigenvalue weighted by molar-refractivity contribution is 6.07. The molecule has 21 heavy (non-hydrogen) atoms. The van der Waals surface area contributed by atoms with Crippen molar-refractivity contribution >= 4 is 22.5 Å². The maximum atomic E-state index is 11.7. The topological polar surface area (TPSA) is 103 Å². The van der Waals surface area contributed by atoms with E-state index in [2.05, 4.69) is 15.5 Å². The second-order valence-corrected chi connectivity index (χ2v) is 5.24. The van der Waals surface area contributed by atoms with E-state index in [-0.39, 0.29) is 23.0 Å². The first-order valence-corrected chi connectivity index (χ1v) is 6.62. The molecule has 108 valence electrons. The third-order valence-corrected chi connectivity index (χ3v) is 3.71. The largest absolute Gasteiger partial charge is 0.327 e. The van der Waals surface area contributed by atoms with Gasteiger partial charge in [-0.3, -0.25) is 14.8 Å². The van der Waals surface area contributed by atoms with Gasteiger partial charge in [0.25, 0.3) is 0 Å². The second-order valence-electron chi connectivity index (χ2n) is 5.24. The van der Waals surface area contributed by atoms with Crippen molar-refractivity contribution in [1.29, 1.82) is 5.41 Å². The van der Waals surface area contributed by atoms with Crippen LogP contribution in [0.2, 0.25) is 0 Å². The number of carbonyl (C=O) groups is 1. The predicted molar refractivity (Wildman–Crippen MR) is 77.9 cm³/mol. The molecule has 0 aliphatic carbocycles. The molecule has 1 atom stereocenters. The van der Waals surface area contributed by atoms with E-state index in [4.69, 9.17) is 5.41 Å². The van der Waals surface area contributed by atoms with Gasteiger partial charge >= 0.3 is 5.69 Å². The molecule has 7 heteroatoms. The van der Waals surface area contributed by atoms with E-state index in [1.54, 1.807) is 19.2 Å². The minimum absolute atomic E-state index is 0.0122. The van der Waals surface area contributed by atoms with E-state index in [9.17, 15) is 9.59 Å². The van der Waals surface area contributed by atoms with Crippen LogP contribution in [0.15, 0.2) is 28.1 Å². The van der Waals surface area contributed by atoms with Crippen LogP contribution in [0.1, 0.15) is 18.9 Å². The van der Waals surface area contributed by atoms with Crippen LogP contribution < -0.4 is 16.6 Å². The molecule has 0 bridgehead atoms. The maximum Gasteiger partial charge on any atom is 0.327 e. The molecule has 7 nitrogen and oxygen atoms in total. The summed E-state index contributed by atoms with van der Waals surface area (Å²) in [6, 6.07) is 5.43. The average Bonchev–Trinajstić information content (AvgIpc) is 2.44. The smallest absolute Gasteiger partial charge is 0.307 e. The number of hydrogen-bond donors (Lipinski definition) is 3. The summed E-state index contributed by atoms with van der Waals surface area (Å²) in [7, 11) is 1.55. The zero-order valence-electron chi connectivity index (χ0n) is 11.7. The number of fused-ring (bicyclic) bond motifs is 1. The Morgan fingerprint density at radius 2 is 2.14 bits per heavy atom. The number of benzene rings is 1. The Morgan fingerprint density at radius 3 is 2.86 bits per heavy atom. The van der Waals surface area contributed by atoms with Gasteiger partial charge in [0.2, 0.25) is 5.91 Å². The number of H-pyrrole nitrogens is 1. The zero-order chi connectivity index (χ0) is 15.1. The number of amides is 1. The van der Waals surface area contributed by atoms with Gasteiger partial charge in [-0.15, -0.1) is 0 Å². The standard InChI is InChI=1S/C14H15N5O2/c1-7-5-11(20)17-18-12(7)8-3-4-9-10(6-8)16-14(21)19(2)13(9)15/h3-4,6-7,15H,5H2,1-2H3,(H,16,21)(H,17,20). The number of nitrogens with zero attached hydrogens (tertiary/aromatic N) is 2. The molecule has 0 radical (unpaired) electrons. The van der Waals surface area contributed by atoms with Crippen LogP contribution in [-0.4, -0.2) is 21.2 Å². The Morgan fingerprint density at radius 1 is 1.38 bits per heavy atom. The number of carbonyl (C=O) groups excluding carboxylic acids is 1. The number of aromatic nitrogens is 2. The monoisotopic (exact) mass is 285 g/mol. The summed E-state index contributed by atoms with van der Waals surface area (Å²) in [5.74, 6) is -0.0841. The number of nitrogens with one attached hydrogen (secondary N) is 3. The van der Waals surface area contributed by atoms with Crippen LogP contribution >= 0.6 is 0 Å². The van der Waals surface area contributed by atoms with E-state index in [1.165, 1.54) is 4.57 Å². The lowest BCUT2D eigenvalue weighted by atomic mass is 9.93. The second kappa shape index (κ2) is 4.69. The van der Waals surface area contributed by atoms with Crippen molar-refractivity contribution in [3.05, 3.63) is 39.7 Å². The summed E-state index contributed by atoms with van der Waals surface area (Å²) in [4.78, 5) is 25.8. The Hall–Kier alpha value is -2.70. The van der Waals surface area contributed by atoms with Crippen molar-refractivity contribution in [2.45, 2.75) is 13.3 Å². The first kappa shape index (κ1) is 13.3. The summed E-state index contributed by atoms with van der Waals surface area (Å²) in [5.41, 5.74) is 4.50. The molecule has 1 aromatic carbocycles. The quantitative estimate of drug-likeness (QED) is 0.697. The van der Waals surface area contributed by atoms with Crippen molar-refractivity contribution in [2.24, 2.45) is 18.1 Å². The molecular weight excluding hydrogens is 270 g/mol. The Labute approximate surface area is 119 Å². The zero-order valence-corrected chi connectivity index (χ0v) is 11.7. The molecule has 0 saturated heterocycles. The normalized spacial score (nSPS) is 18.5. The van der Waals surface area contributed by atoms with Crippen LogP contribution in [-0.2, 0) is 11.8 Å². The van der Waals surface area contributed by atoms with Crippen LogP contribution in [0.3, 0.4) is 0 Å². The Bertz CT molecular complexity index is 890. The lowest BCUT2D eigenvalue weighted by Crippen LogP contribution is -2.33. The number of hydrazone groups is 1. The van der Waals surface area contributed by atoms with E-state index in [0.717, 1.165) is 11.3 Å². The Kier molecular flexibility index (Phi) is 2.97. The molecule has 1 aromatic heterocycles. The SMILES string of the molecule is CC1CC(=O)NN=C1c1ccc2c(=N)n(C)c(=O)[nH]c2c1. The van der Waals surface area contributed by atoms with E-state index in [1.807, 2.05) is 13.0 Å². The lowest BCUT2D eigenvalue weighted by molar-refractivity contribution is -0.121. The van der Waals surface area contributed by atoms with Crippen LogP contribution in [0.5, 0.6) is 0 Å². The number of aromatic amines is 1. The van der Waals surface area contributed by atoms with Crippen LogP contribution in [0.4, 0.5) is 0 Å². The van der Waals surface area contributed by atoms with Crippen LogP contribution in [0.25, 0.3) is 10.9 Å². The maximum absolute atomic E-state index is 11.7. The van der Waals surface area contributed by atoms with Gasteiger partial charge in [-0.25, -0.2) is 10.2 Å². The molecule has 0 fully saturated rings. The first-order valence-electron chi connectivity index (χ1n) is 6.62. The summed E-state index contributed by atoms with van der Waals surface area (Å²) < 4.78 is 1.25. The van der Waals surface area contributed by atoms with Crippen molar-refractivity contribution in [2.75, 3.05) is 0 Å². The molecule has 0 saturated carbocycles. The van der Waals surface area contributed by atoms with Gasteiger partial charge in [-0.2, -0.15) is 5.10 Å². The average molecular weight is 285 g/mol. The van der Waals surface area contributed by atoms with Gasteiger partial charge in [-0.05, 0) is 12.1 Å². The van der Waals surface area contributed by atoms with Gasteiger partial charge in [0.1, 0.15) is 5.49 Å². The number of hydrogen-bond acceptors (Lipinski definition) is 4. The summed E-state index contributed by atoms with van der Waals surface area (Å²) >= 11 is 0. The minimum Gasteiger partial charge on any atom is -0.307 e. The van der Waals surface area contributed by atoms with E-state index < -0.39 is 0 Å². The van der Waals surface area contributed by atoms with Crippen molar-refractivity contribution < 1.29 is 4.79 Å². The summed E-state index contributed by atoms with van der Waals surface area (Å²) in [5, 5.41) is 12.7. The molecule has 3 N–H and O–H groups in total. The third-order valence-electron chi connectivity index (χ3n) is 3.71. The fourth-order valence-corrected chi connectivity index (χ4v) is 2.50. The lowest BCUT2D eigenvalue weighted by Gasteiger charge is -2.19. The Balaban J connectivity index is 2.19. The molecule has 2 heterocycles. The highest BCUT2D eigenvalue weighted by atomic mass is 16.2. The van der Waals surface area contributed by atoms with Crippen LogP contribution in [0, 0.1) is 11.3 Å². The van der Waals surface area contributed by atoms with Gasteiger partial charge in [0.05, 0.1) is 11.2 Å². The molecule has 1 amide bonds. The third kappa shape index (κ3) is 2.16. The van der Waals surface area contributed by atoms with Gasteiger partial charge in [0.15, 0.2) is 0 Å². The van der Waals surface area contributed by atoms with Crippen molar-refractivity contribution in [3.63, 3.8) is 0 Å². The first-order chi connectivity index (χ1) is 9.97. The fourth-order valence-electron chi connectivity index (χ4n) is 2.50. The molecule has 1 unspecified atom stereocenters. The highest BCUT2D eigenvalue weighted by Gasteiger charge is 2.21. The molecule has 1 aliphatic rings. The van der Waals surface area contributed by atoms with Crippen molar-refractivity contribution in [3.8, 4) is 0 Å². The molecule has 2 aromatic rings. The number of rotatable bonds is 1. The highest BCUT2D eigenvalue weighted by Crippen LogP contribution is 2.18. The van der Waals surface area contributed by atoms with Gasteiger partial charge in [0, 0.05) is 30.3 Å². The molecular formula is C14H15N5O2. The molecule has 1 aliphatic heterocycles.